The van der Waals surface area contributed by atoms with Crippen molar-refractivity contribution in [3.63, 3.8) is 0 Å². The highest BCUT2D eigenvalue weighted by Crippen LogP contribution is 2.15. The SMILES string of the molecule is S=C(NCCC[NH+]1CCOCC1)N/N=C/c1c[nH]c2ccccc12. The molecular formula is C17H24N5OS+. The fourth-order valence-corrected chi connectivity index (χ4v) is 3.01. The molecule has 0 amide bonds. The monoisotopic (exact) mass is 346 g/mol. The first kappa shape index (κ1) is 16.9. The van der Waals surface area contributed by atoms with Crippen molar-refractivity contribution in [2.75, 3.05) is 39.4 Å². The highest BCUT2D eigenvalue weighted by atomic mass is 32.1. The van der Waals surface area contributed by atoms with Crippen molar-refractivity contribution in [1.82, 2.24) is 15.7 Å². The summed E-state index contributed by atoms with van der Waals surface area (Å²) in [7, 11) is 0. The molecule has 1 fully saturated rings. The zero-order valence-electron chi connectivity index (χ0n) is 13.7. The largest absolute Gasteiger partial charge is 0.370 e. The Hall–Kier alpha value is -1.96. The summed E-state index contributed by atoms with van der Waals surface area (Å²) in [5, 5.41) is 9.11. The van der Waals surface area contributed by atoms with Crippen LogP contribution in [-0.2, 0) is 4.74 Å². The van der Waals surface area contributed by atoms with Crippen LogP contribution in [0.15, 0.2) is 35.6 Å². The van der Waals surface area contributed by atoms with Crippen molar-refractivity contribution in [1.29, 1.82) is 0 Å². The number of hydrogen-bond acceptors (Lipinski definition) is 3. The van der Waals surface area contributed by atoms with Crippen molar-refractivity contribution < 1.29 is 9.64 Å². The molecule has 6 nitrogen and oxygen atoms in total. The van der Waals surface area contributed by atoms with Crippen molar-refractivity contribution in [2.45, 2.75) is 6.42 Å². The lowest BCUT2D eigenvalue weighted by Gasteiger charge is -2.23. The second-order valence-electron chi connectivity index (χ2n) is 5.88. The van der Waals surface area contributed by atoms with E-state index in [1.165, 1.54) is 0 Å². The van der Waals surface area contributed by atoms with Crippen LogP contribution in [0.2, 0.25) is 0 Å². The van der Waals surface area contributed by atoms with Crippen LogP contribution < -0.4 is 15.6 Å². The normalized spacial score (nSPS) is 15.8. The number of H-pyrrole nitrogens is 1. The van der Waals surface area contributed by atoms with E-state index in [0.29, 0.717) is 5.11 Å². The quantitative estimate of drug-likeness (QED) is 0.262. The summed E-state index contributed by atoms with van der Waals surface area (Å²) in [5.41, 5.74) is 5.01. The molecular weight excluding hydrogens is 322 g/mol. The number of hydrogen-bond donors (Lipinski definition) is 4. The van der Waals surface area contributed by atoms with Gasteiger partial charge in [0.1, 0.15) is 13.1 Å². The summed E-state index contributed by atoms with van der Waals surface area (Å²) in [6, 6.07) is 8.14. The topological polar surface area (TPSA) is 65.9 Å². The van der Waals surface area contributed by atoms with Gasteiger partial charge in [-0.15, -0.1) is 0 Å². The second-order valence-corrected chi connectivity index (χ2v) is 6.29. The lowest BCUT2D eigenvalue weighted by Crippen LogP contribution is -3.14. The minimum Gasteiger partial charge on any atom is -0.370 e. The van der Waals surface area contributed by atoms with Gasteiger partial charge in [0.05, 0.1) is 26.0 Å². The first-order valence-electron chi connectivity index (χ1n) is 8.37. The Morgan fingerprint density at radius 1 is 1.33 bits per heavy atom. The third kappa shape index (κ3) is 4.77. The Labute approximate surface area is 147 Å². The van der Waals surface area contributed by atoms with Crippen molar-refractivity contribution >= 4 is 34.4 Å². The van der Waals surface area contributed by atoms with Crippen molar-refractivity contribution in [2.24, 2.45) is 5.10 Å². The van der Waals surface area contributed by atoms with Crippen LogP contribution in [0.25, 0.3) is 10.9 Å². The minimum absolute atomic E-state index is 0.558. The maximum Gasteiger partial charge on any atom is 0.186 e. The number of rotatable bonds is 6. The Balaban J connectivity index is 1.36. The Kier molecular flexibility index (Phi) is 6.17. The second kappa shape index (κ2) is 8.77. The van der Waals surface area contributed by atoms with Gasteiger partial charge >= 0.3 is 0 Å². The predicted molar refractivity (Wildman–Crippen MR) is 101 cm³/mol. The van der Waals surface area contributed by atoms with E-state index in [1.807, 2.05) is 24.4 Å². The molecule has 1 aliphatic rings. The van der Waals surface area contributed by atoms with Gasteiger partial charge in [0.15, 0.2) is 5.11 Å². The third-order valence-electron chi connectivity index (χ3n) is 4.18. The molecule has 0 atom stereocenters. The van der Waals surface area contributed by atoms with Crippen LogP contribution in [0.1, 0.15) is 12.0 Å². The number of nitrogens with zero attached hydrogens (tertiary/aromatic N) is 1. The number of thiocarbonyl (C=S) groups is 1. The van der Waals surface area contributed by atoms with Crippen molar-refractivity contribution in [3.05, 3.63) is 36.0 Å². The van der Waals surface area contributed by atoms with E-state index in [2.05, 4.69) is 26.9 Å². The molecule has 2 heterocycles. The number of aromatic amines is 1. The number of morpholine rings is 1. The number of nitrogens with one attached hydrogen (secondary N) is 4. The summed E-state index contributed by atoms with van der Waals surface area (Å²) >= 11 is 5.24. The van der Waals surface area contributed by atoms with Gasteiger partial charge in [-0.2, -0.15) is 5.10 Å². The zero-order chi connectivity index (χ0) is 16.6. The van der Waals surface area contributed by atoms with Crippen LogP contribution in [0.4, 0.5) is 0 Å². The molecule has 3 rings (SSSR count). The van der Waals surface area contributed by atoms with E-state index >= 15 is 0 Å². The lowest BCUT2D eigenvalue weighted by atomic mass is 10.2. The van der Waals surface area contributed by atoms with Gasteiger partial charge in [0.25, 0.3) is 0 Å². The Morgan fingerprint density at radius 3 is 3.04 bits per heavy atom. The van der Waals surface area contributed by atoms with Gasteiger partial charge < -0.3 is 19.9 Å². The van der Waals surface area contributed by atoms with E-state index < -0.39 is 0 Å². The molecule has 1 aliphatic heterocycles. The standard InChI is InChI=1S/C17H23N5OS/c24-17(18-6-3-7-22-8-10-23-11-9-22)21-20-13-14-12-19-16-5-2-1-4-15(14)16/h1-2,4-5,12-13,19H,3,6-11H2,(H2,18,21,24)/p+1/b20-13+. The van der Waals surface area contributed by atoms with Gasteiger partial charge in [0, 0.05) is 35.6 Å². The lowest BCUT2D eigenvalue weighted by molar-refractivity contribution is -0.908. The molecule has 0 saturated carbocycles. The molecule has 1 saturated heterocycles. The first-order valence-corrected chi connectivity index (χ1v) is 8.78. The van der Waals surface area contributed by atoms with Crippen molar-refractivity contribution in [3.8, 4) is 0 Å². The molecule has 128 valence electrons. The van der Waals surface area contributed by atoms with Gasteiger partial charge in [-0.1, -0.05) is 18.2 Å². The Bertz CT molecular complexity index is 693. The number of aromatic nitrogens is 1. The number of ether oxygens (including phenoxy) is 1. The highest BCUT2D eigenvalue weighted by Gasteiger charge is 2.12. The van der Waals surface area contributed by atoms with E-state index in [0.717, 1.165) is 62.3 Å². The molecule has 0 spiro atoms. The molecule has 2 aromatic rings. The molecule has 1 aromatic carbocycles. The van der Waals surface area contributed by atoms with Gasteiger partial charge in [0.2, 0.25) is 0 Å². The predicted octanol–water partition coefficient (Wildman–Crippen LogP) is 0.271. The van der Waals surface area contributed by atoms with Gasteiger partial charge in [-0.25, -0.2) is 0 Å². The highest BCUT2D eigenvalue weighted by molar-refractivity contribution is 7.80. The smallest absolute Gasteiger partial charge is 0.186 e. The van der Waals surface area contributed by atoms with Crippen LogP contribution in [-0.4, -0.2) is 55.7 Å². The van der Waals surface area contributed by atoms with Crippen LogP contribution >= 0.6 is 12.2 Å². The Morgan fingerprint density at radius 2 is 2.17 bits per heavy atom. The molecule has 7 heteroatoms. The molecule has 4 N–H and O–H groups in total. The maximum absolute atomic E-state index is 5.36. The van der Waals surface area contributed by atoms with E-state index in [-0.39, 0.29) is 0 Å². The van der Waals surface area contributed by atoms with Gasteiger partial charge in [-0.3, -0.25) is 5.43 Å². The summed E-state index contributed by atoms with van der Waals surface area (Å²) in [4.78, 5) is 4.83. The molecule has 0 unspecified atom stereocenters. The first-order chi connectivity index (χ1) is 11.8. The molecule has 1 aromatic heterocycles. The van der Waals surface area contributed by atoms with Crippen LogP contribution in [0.5, 0.6) is 0 Å². The number of para-hydroxylation sites is 1. The summed E-state index contributed by atoms with van der Waals surface area (Å²) in [6.45, 7) is 5.99. The molecule has 24 heavy (non-hydrogen) atoms. The molecule has 0 bridgehead atoms. The zero-order valence-corrected chi connectivity index (χ0v) is 14.5. The van der Waals surface area contributed by atoms with Crippen LogP contribution in [0, 0.1) is 0 Å². The molecule has 0 radical (unpaired) electrons. The number of fused-ring (bicyclic) bond motifs is 1. The fourth-order valence-electron chi connectivity index (χ4n) is 2.85. The molecule has 0 aliphatic carbocycles. The average Bonchev–Trinajstić information content (AvgIpc) is 3.03. The average molecular weight is 346 g/mol. The van der Waals surface area contributed by atoms with E-state index in [1.54, 1.807) is 11.1 Å². The third-order valence-corrected chi connectivity index (χ3v) is 4.42. The number of quaternary nitrogens is 1. The minimum atomic E-state index is 0.558. The van der Waals surface area contributed by atoms with E-state index in [9.17, 15) is 0 Å². The summed E-state index contributed by atoms with van der Waals surface area (Å²) in [5.74, 6) is 0. The maximum atomic E-state index is 5.36. The number of benzene rings is 1. The number of hydrazone groups is 1. The summed E-state index contributed by atoms with van der Waals surface area (Å²) < 4.78 is 5.36. The van der Waals surface area contributed by atoms with Crippen LogP contribution in [0.3, 0.4) is 0 Å². The van der Waals surface area contributed by atoms with Gasteiger partial charge in [-0.05, 0) is 18.3 Å². The summed E-state index contributed by atoms with van der Waals surface area (Å²) in [6.07, 6.45) is 4.81. The fraction of sp³-hybridized carbons (Fsp3) is 0.412. The van der Waals surface area contributed by atoms with E-state index in [4.69, 9.17) is 17.0 Å².